The molecule has 0 N–H and O–H groups in total. The minimum absolute atomic E-state index is 0. The van der Waals surface area contributed by atoms with Gasteiger partial charge in [-0.2, -0.15) is 0 Å². The van der Waals surface area contributed by atoms with Gasteiger partial charge >= 0.3 is 0 Å². The SMILES string of the molecule is CC(C)Cc1cc(-c2[c-]cccc2)ncc1[Si](C)(C)C.[Ir].[c-]1ccc2c(oc3ccccc32)c1-c1nc2ccccc2n1-c1cccc(-c2ccccc2)c1. The Hall–Kier alpha value is -5.39. The minimum atomic E-state index is -1.34. The minimum Gasteiger partial charge on any atom is -0.501 e. The zero-order valence-corrected chi connectivity index (χ0v) is 35.2. The van der Waals surface area contributed by atoms with Crippen molar-refractivity contribution in [2.24, 2.45) is 5.92 Å². The summed E-state index contributed by atoms with van der Waals surface area (Å²) in [7, 11) is -1.34. The first kappa shape index (κ1) is 37.9. The van der Waals surface area contributed by atoms with Crippen LogP contribution in [-0.2, 0) is 26.5 Å². The molecule has 0 amide bonds. The molecule has 0 aliphatic carbocycles. The molecule has 3 aromatic heterocycles. The summed E-state index contributed by atoms with van der Waals surface area (Å²) in [6.45, 7) is 11.7. The first-order chi connectivity index (χ1) is 26.2. The van der Waals surface area contributed by atoms with Crippen molar-refractivity contribution < 1.29 is 24.5 Å². The van der Waals surface area contributed by atoms with E-state index < -0.39 is 8.07 Å². The Labute approximate surface area is 338 Å². The van der Waals surface area contributed by atoms with Gasteiger partial charge in [-0.1, -0.05) is 129 Å². The van der Waals surface area contributed by atoms with E-state index >= 15 is 0 Å². The quantitative estimate of drug-likeness (QED) is 0.118. The molecule has 9 aromatic rings. The molecule has 0 aliphatic heterocycles. The van der Waals surface area contributed by atoms with Crippen molar-refractivity contribution in [3.8, 4) is 39.5 Å². The van der Waals surface area contributed by atoms with Gasteiger partial charge < -0.3 is 14.0 Å². The van der Waals surface area contributed by atoms with E-state index in [1.165, 1.54) is 16.3 Å². The van der Waals surface area contributed by atoms with E-state index in [0.29, 0.717) is 5.92 Å². The van der Waals surface area contributed by atoms with E-state index in [4.69, 9.17) is 9.40 Å². The summed E-state index contributed by atoms with van der Waals surface area (Å²) in [4.78, 5) is 9.74. The van der Waals surface area contributed by atoms with Crippen molar-refractivity contribution in [3.05, 3.63) is 169 Å². The van der Waals surface area contributed by atoms with Gasteiger partial charge in [0.15, 0.2) is 0 Å². The number of imidazole rings is 1. The average molecular weight is 910 g/mol. The monoisotopic (exact) mass is 910 g/mol. The zero-order valence-electron chi connectivity index (χ0n) is 31.8. The average Bonchev–Trinajstić information content (AvgIpc) is 3.77. The van der Waals surface area contributed by atoms with Crippen LogP contribution in [0.3, 0.4) is 0 Å². The Morgan fingerprint density at radius 3 is 2.24 bits per heavy atom. The molecule has 0 fully saturated rings. The number of benzene rings is 6. The van der Waals surface area contributed by atoms with Gasteiger partial charge in [0.05, 0.1) is 30.5 Å². The molecule has 0 unspecified atom stereocenters. The molecule has 275 valence electrons. The van der Waals surface area contributed by atoms with Gasteiger partial charge in [0, 0.05) is 37.4 Å². The van der Waals surface area contributed by atoms with Gasteiger partial charge in [0.2, 0.25) is 0 Å². The van der Waals surface area contributed by atoms with Crippen LogP contribution in [0, 0.1) is 18.1 Å². The van der Waals surface area contributed by atoms with Gasteiger partial charge in [-0.3, -0.25) is 4.98 Å². The third kappa shape index (κ3) is 7.90. The summed E-state index contributed by atoms with van der Waals surface area (Å²) in [5, 5.41) is 3.66. The normalized spacial score (nSPS) is 11.5. The van der Waals surface area contributed by atoms with Crippen LogP contribution >= 0.6 is 0 Å². The third-order valence-corrected chi connectivity index (χ3v) is 11.8. The predicted octanol–water partition coefficient (Wildman–Crippen LogP) is 12.3. The van der Waals surface area contributed by atoms with Crippen molar-refractivity contribution >= 4 is 46.2 Å². The summed E-state index contributed by atoms with van der Waals surface area (Å²) < 4.78 is 8.54. The second-order valence-corrected chi connectivity index (χ2v) is 20.3. The van der Waals surface area contributed by atoms with Crippen molar-refractivity contribution in [2.75, 3.05) is 0 Å². The fourth-order valence-corrected chi connectivity index (χ4v) is 8.84. The van der Waals surface area contributed by atoms with E-state index in [9.17, 15) is 0 Å². The molecular formula is C49H43IrN3OSi-2. The summed E-state index contributed by atoms with van der Waals surface area (Å²) in [6, 6.07) is 56.5. The molecule has 6 aromatic carbocycles. The van der Waals surface area contributed by atoms with Gasteiger partial charge in [0.25, 0.3) is 0 Å². The van der Waals surface area contributed by atoms with E-state index in [1.54, 1.807) is 0 Å². The van der Waals surface area contributed by atoms with Gasteiger partial charge in [-0.05, 0) is 64.7 Å². The van der Waals surface area contributed by atoms with E-state index in [-0.39, 0.29) is 20.1 Å². The summed E-state index contributed by atoms with van der Waals surface area (Å²) in [5.41, 5.74) is 11.5. The first-order valence-electron chi connectivity index (χ1n) is 18.7. The summed E-state index contributed by atoms with van der Waals surface area (Å²) >= 11 is 0. The van der Waals surface area contributed by atoms with E-state index in [1.807, 2.05) is 54.6 Å². The van der Waals surface area contributed by atoms with Crippen molar-refractivity contribution in [1.29, 1.82) is 0 Å². The molecule has 3 heterocycles. The van der Waals surface area contributed by atoms with E-state index in [2.05, 4.69) is 152 Å². The number of fused-ring (bicyclic) bond motifs is 4. The number of pyridine rings is 1. The van der Waals surface area contributed by atoms with E-state index in [0.717, 1.165) is 73.3 Å². The standard InChI is InChI=1S/C31H19N2O.C18H24NSi.Ir/c1-2-10-21(11-3-1)22-12-8-13-23(20-22)33-28-18-6-5-17-27(28)32-31(33)26-16-9-15-25-24-14-4-7-19-29(24)34-30(25)26;1-14(2)11-16-12-17(15-9-7-6-8-10-15)19-13-18(16)20(3,4)5;/h1-15,17-20H;6-9,12-14H,11H2,1-5H3;/q2*-1;. The molecule has 0 aliphatic rings. The number of rotatable bonds is 7. The Kier molecular flexibility index (Phi) is 11.1. The second kappa shape index (κ2) is 16.1. The van der Waals surface area contributed by atoms with Gasteiger partial charge in [0.1, 0.15) is 5.58 Å². The molecule has 6 heteroatoms. The predicted molar refractivity (Wildman–Crippen MR) is 228 cm³/mol. The topological polar surface area (TPSA) is 43.9 Å². The number of hydrogen-bond donors (Lipinski definition) is 0. The first-order valence-corrected chi connectivity index (χ1v) is 22.2. The number of hydrogen-bond acceptors (Lipinski definition) is 3. The van der Waals surface area contributed by atoms with Crippen LogP contribution in [0.15, 0.2) is 156 Å². The van der Waals surface area contributed by atoms with Crippen molar-refractivity contribution in [3.63, 3.8) is 0 Å². The maximum Gasteiger partial charge on any atom is 0.120 e. The number of aromatic nitrogens is 3. The van der Waals surface area contributed by atoms with Gasteiger partial charge in [-0.15, -0.1) is 54.1 Å². The molecule has 0 bridgehead atoms. The Bertz CT molecular complexity index is 2710. The van der Waals surface area contributed by atoms with Crippen LogP contribution in [0.1, 0.15) is 19.4 Å². The molecule has 55 heavy (non-hydrogen) atoms. The third-order valence-electron chi connectivity index (χ3n) is 9.75. The molecular weight excluding hydrogens is 867 g/mol. The zero-order chi connectivity index (χ0) is 37.2. The van der Waals surface area contributed by atoms with Crippen LogP contribution in [-0.4, -0.2) is 22.6 Å². The summed E-state index contributed by atoms with van der Waals surface area (Å²) in [6.07, 6.45) is 3.24. The second-order valence-electron chi connectivity index (χ2n) is 15.2. The van der Waals surface area contributed by atoms with Crippen molar-refractivity contribution in [2.45, 2.75) is 39.9 Å². The maximum absolute atomic E-state index is 6.33. The number of para-hydroxylation sites is 3. The maximum atomic E-state index is 6.33. The van der Waals surface area contributed by atoms with Crippen LogP contribution in [0.2, 0.25) is 19.6 Å². The largest absolute Gasteiger partial charge is 0.501 e. The molecule has 0 spiro atoms. The van der Waals surface area contributed by atoms with Crippen LogP contribution < -0.4 is 5.19 Å². The Morgan fingerprint density at radius 1 is 0.709 bits per heavy atom. The van der Waals surface area contributed by atoms with Crippen LogP contribution in [0.4, 0.5) is 0 Å². The molecule has 1 radical (unpaired) electrons. The number of furan rings is 1. The molecule has 0 atom stereocenters. The number of nitrogens with zero attached hydrogens (tertiary/aromatic N) is 3. The Morgan fingerprint density at radius 2 is 1.45 bits per heavy atom. The Balaban J connectivity index is 0.000000191. The van der Waals surface area contributed by atoms with Crippen LogP contribution in [0.5, 0.6) is 0 Å². The fourth-order valence-electron chi connectivity index (χ4n) is 7.25. The summed E-state index contributed by atoms with van der Waals surface area (Å²) in [5.74, 6) is 1.48. The van der Waals surface area contributed by atoms with Gasteiger partial charge in [-0.25, -0.2) is 0 Å². The molecule has 9 rings (SSSR count). The molecule has 4 nitrogen and oxygen atoms in total. The molecule has 0 saturated heterocycles. The fraction of sp³-hybridized carbons (Fsp3) is 0.143. The van der Waals surface area contributed by atoms with Crippen molar-refractivity contribution in [1.82, 2.24) is 14.5 Å². The molecule has 0 saturated carbocycles. The van der Waals surface area contributed by atoms with Crippen LogP contribution in [0.25, 0.3) is 72.4 Å². The smallest absolute Gasteiger partial charge is 0.120 e.